The van der Waals surface area contributed by atoms with E-state index in [9.17, 15) is 9.59 Å². The number of nitrogens with zero attached hydrogens (tertiary/aromatic N) is 1. The summed E-state index contributed by atoms with van der Waals surface area (Å²) in [5.74, 6) is 0.452. The summed E-state index contributed by atoms with van der Waals surface area (Å²) in [5.41, 5.74) is 4.47. The SMILES string of the molecule is CCOc1ccc(C(=O)NN=Cc2ccc(OC(=O)C=Cc3ccccc3)c(OC)c2)cc1. The number of amides is 1. The highest BCUT2D eigenvalue weighted by Gasteiger charge is 2.09. The van der Waals surface area contributed by atoms with Gasteiger partial charge in [0, 0.05) is 11.6 Å². The second-order valence-electron chi connectivity index (χ2n) is 6.73. The van der Waals surface area contributed by atoms with Crippen LogP contribution in [0.4, 0.5) is 0 Å². The fourth-order valence-electron chi connectivity index (χ4n) is 2.82. The van der Waals surface area contributed by atoms with Gasteiger partial charge in [0.2, 0.25) is 0 Å². The summed E-state index contributed by atoms with van der Waals surface area (Å²) in [5, 5.41) is 3.98. The summed E-state index contributed by atoms with van der Waals surface area (Å²) in [6.45, 7) is 2.45. The second kappa shape index (κ2) is 11.9. The average Bonchev–Trinajstić information content (AvgIpc) is 2.85. The number of esters is 1. The van der Waals surface area contributed by atoms with Crippen molar-refractivity contribution < 1.29 is 23.8 Å². The number of rotatable bonds is 9. The van der Waals surface area contributed by atoms with E-state index in [1.54, 1.807) is 48.5 Å². The predicted octanol–water partition coefficient (Wildman–Crippen LogP) is 4.48. The van der Waals surface area contributed by atoms with Crippen LogP contribution in [0.15, 0.2) is 84.0 Å². The maximum absolute atomic E-state index is 12.2. The number of benzene rings is 3. The Kier molecular flexibility index (Phi) is 8.36. The van der Waals surface area contributed by atoms with Gasteiger partial charge in [-0.3, -0.25) is 4.79 Å². The molecule has 0 radical (unpaired) electrons. The molecule has 1 amide bonds. The van der Waals surface area contributed by atoms with Gasteiger partial charge in [0.1, 0.15) is 5.75 Å². The monoisotopic (exact) mass is 444 g/mol. The van der Waals surface area contributed by atoms with Gasteiger partial charge in [-0.2, -0.15) is 5.10 Å². The highest BCUT2D eigenvalue weighted by Crippen LogP contribution is 2.27. The Labute approximate surface area is 192 Å². The minimum atomic E-state index is -0.527. The highest BCUT2D eigenvalue weighted by atomic mass is 16.6. The molecule has 0 aliphatic heterocycles. The third-order valence-electron chi connectivity index (χ3n) is 4.42. The quantitative estimate of drug-likeness (QED) is 0.173. The summed E-state index contributed by atoms with van der Waals surface area (Å²) >= 11 is 0. The lowest BCUT2D eigenvalue weighted by Gasteiger charge is -2.08. The summed E-state index contributed by atoms with van der Waals surface area (Å²) in [6, 6.07) is 21.1. The number of hydrazone groups is 1. The number of methoxy groups -OCH3 is 1. The molecule has 168 valence electrons. The largest absolute Gasteiger partial charge is 0.494 e. The molecule has 3 aromatic carbocycles. The summed E-state index contributed by atoms with van der Waals surface area (Å²) in [4.78, 5) is 24.3. The third-order valence-corrected chi connectivity index (χ3v) is 4.42. The molecule has 7 heteroatoms. The molecule has 0 saturated carbocycles. The Morgan fingerprint density at radius 2 is 1.70 bits per heavy atom. The van der Waals surface area contributed by atoms with Gasteiger partial charge >= 0.3 is 5.97 Å². The van der Waals surface area contributed by atoms with Crippen LogP contribution in [-0.4, -0.2) is 31.8 Å². The number of carbonyl (C=O) groups is 2. The van der Waals surface area contributed by atoms with Crippen LogP contribution in [0.1, 0.15) is 28.4 Å². The van der Waals surface area contributed by atoms with E-state index in [4.69, 9.17) is 14.2 Å². The van der Waals surface area contributed by atoms with E-state index in [2.05, 4.69) is 10.5 Å². The maximum Gasteiger partial charge on any atom is 0.336 e. The highest BCUT2D eigenvalue weighted by molar-refractivity contribution is 5.95. The molecule has 33 heavy (non-hydrogen) atoms. The first-order valence-electron chi connectivity index (χ1n) is 10.3. The molecular weight excluding hydrogens is 420 g/mol. The second-order valence-corrected chi connectivity index (χ2v) is 6.73. The normalized spacial score (nSPS) is 10.8. The molecule has 0 bridgehead atoms. The molecular formula is C26H24N2O5. The van der Waals surface area contributed by atoms with Crippen LogP contribution >= 0.6 is 0 Å². The molecule has 0 aromatic heterocycles. The Hall–Kier alpha value is -4.39. The Balaban J connectivity index is 1.59. The molecule has 0 heterocycles. The maximum atomic E-state index is 12.2. The van der Waals surface area contributed by atoms with Gasteiger partial charge in [0.25, 0.3) is 5.91 Å². The lowest BCUT2D eigenvalue weighted by Crippen LogP contribution is -2.17. The molecule has 0 aliphatic rings. The zero-order valence-corrected chi connectivity index (χ0v) is 18.4. The van der Waals surface area contributed by atoms with E-state index in [1.165, 1.54) is 19.4 Å². The van der Waals surface area contributed by atoms with Crippen molar-refractivity contribution in [2.24, 2.45) is 5.10 Å². The Morgan fingerprint density at radius 3 is 2.39 bits per heavy atom. The van der Waals surface area contributed by atoms with Crippen molar-refractivity contribution in [2.75, 3.05) is 13.7 Å². The van der Waals surface area contributed by atoms with Crippen molar-refractivity contribution in [3.05, 3.63) is 95.6 Å². The van der Waals surface area contributed by atoms with Gasteiger partial charge in [-0.05, 0) is 66.6 Å². The van der Waals surface area contributed by atoms with Crippen molar-refractivity contribution in [1.82, 2.24) is 5.43 Å². The standard InChI is InChI=1S/C26H24N2O5/c1-3-32-22-13-11-21(12-14-22)26(30)28-27-18-20-9-15-23(24(17-20)31-2)33-25(29)16-10-19-7-5-4-6-8-19/h4-18H,3H2,1-2H3,(H,28,30). The van der Waals surface area contributed by atoms with Crippen LogP contribution < -0.4 is 19.6 Å². The molecule has 0 saturated heterocycles. The summed E-state index contributed by atoms with van der Waals surface area (Å²) in [6.07, 6.45) is 4.49. The van der Waals surface area contributed by atoms with E-state index in [0.717, 1.165) is 5.56 Å². The van der Waals surface area contributed by atoms with Gasteiger partial charge in [-0.1, -0.05) is 30.3 Å². The van der Waals surface area contributed by atoms with Crippen molar-refractivity contribution in [3.8, 4) is 17.2 Å². The van der Waals surface area contributed by atoms with Gasteiger partial charge in [0.05, 0.1) is 19.9 Å². The van der Waals surface area contributed by atoms with Gasteiger partial charge in [-0.15, -0.1) is 0 Å². The van der Waals surface area contributed by atoms with Crippen molar-refractivity contribution in [1.29, 1.82) is 0 Å². The van der Waals surface area contributed by atoms with Crippen LogP contribution in [0.2, 0.25) is 0 Å². The van der Waals surface area contributed by atoms with E-state index in [-0.39, 0.29) is 11.7 Å². The van der Waals surface area contributed by atoms with E-state index in [0.29, 0.717) is 29.2 Å². The van der Waals surface area contributed by atoms with Crippen LogP contribution in [-0.2, 0) is 4.79 Å². The van der Waals surface area contributed by atoms with Crippen LogP contribution in [0, 0.1) is 0 Å². The zero-order chi connectivity index (χ0) is 23.5. The summed E-state index contributed by atoms with van der Waals surface area (Å²) < 4.78 is 16.0. The van der Waals surface area contributed by atoms with Gasteiger partial charge in [-0.25, -0.2) is 10.2 Å². The lowest BCUT2D eigenvalue weighted by molar-refractivity contribution is -0.129. The van der Waals surface area contributed by atoms with Crippen molar-refractivity contribution in [3.63, 3.8) is 0 Å². The molecule has 0 aliphatic carbocycles. The molecule has 0 fully saturated rings. The van der Waals surface area contributed by atoms with Crippen LogP contribution in [0.25, 0.3) is 6.08 Å². The number of carbonyl (C=O) groups excluding carboxylic acids is 2. The third kappa shape index (κ3) is 7.07. The Bertz CT molecular complexity index is 1140. The first kappa shape index (κ1) is 23.3. The van der Waals surface area contributed by atoms with Crippen LogP contribution in [0.5, 0.6) is 17.2 Å². The molecule has 0 unspecified atom stereocenters. The smallest absolute Gasteiger partial charge is 0.336 e. The molecule has 3 aromatic rings. The number of ether oxygens (including phenoxy) is 3. The molecule has 7 nitrogen and oxygen atoms in total. The van der Waals surface area contributed by atoms with Gasteiger partial charge < -0.3 is 14.2 Å². The predicted molar refractivity (Wildman–Crippen MR) is 127 cm³/mol. The van der Waals surface area contributed by atoms with Crippen LogP contribution in [0.3, 0.4) is 0 Å². The van der Waals surface area contributed by atoms with E-state index < -0.39 is 5.97 Å². The summed E-state index contributed by atoms with van der Waals surface area (Å²) in [7, 11) is 1.47. The fraction of sp³-hybridized carbons (Fsp3) is 0.115. The zero-order valence-electron chi connectivity index (χ0n) is 18.4. The topological polar surface area (TPSA) is 86.2 Å². The molecule has 0 spiro atoms. The van der Waals surface area contributed by atoms with Gasteiger partial charge in [0.15, 0.2) is 11.5 Å². The number of hydrogen-bond acceptors (Lipinski definition) is 6. The van der Waals surface area contributed by atoms with E-state index >= 15 is 0 Å². The average molecular weight is 444 g/mol. The minimum absolute atomic E-state index is 0.274. The fourth-order valence-corrected chi connectivity index (χ4v) is 2.82. The molecule has 0 atom stereocenters. The van der Waals surface area contributed by atoms with Crippen molar-refractivity contribution >= 4 is 24.2 Å². The lowest BCUT2D eigenvalue weighted by atomic mass is 10.2. The molecule has 1 N–H and O–H groups in total. The number of nitrogens with one attached hydrogen (secondary N) is 1. The number of hydrogen-bond donors (Lipinski definition) is 1. The Morgan fingerprint density at radius 1 is 0.939 bits per heavy atom. The van der Waals surface area contributed by atoms with E-state index in [1.807, 2.05) is 37.3 Å². The van der Waals surface area contributed by atoms with Crippen molar-refractivity contribution in [2.45, 2.75) is 6.92 Å². The first-order valence-corrected chi connectivity index (χ1v) is 10.3. The minimum Gasteiger partial charge on any atom is -0.494 e. The first-order chi connectivity index (χ1) is 16.1. The molecule has 3 rings (SSSR count).